The van der Waals surface area contributed by atoms with Gasteiger partial charge in [0.25, 0.3) is 0 Å². The van der Waals surface area contributed by atoms with Gasteiger partial charge in [0.1, 0.15) is 0 Å². The highest BCUT2D eigenvalue weighted by Gasteiger charge is 2.25. The van der Waals surface area contributed by atoms with Gasteiger partial charge in [-0.2, -0.15) is 0 Å². The number of aliphatic hydroxyl groups excluding tert-OH is 3. The molecule has 0 aliphatic carbocycles. The van der Waals surface area contributed by atoms with Gasteiger partial charge < -0.3 is 20.6 Å². The number of hydrogen-bond donors (Lipinski definition) is 4. The predicted octanol–water partition coefficient (Wildman–Crippen LogP) is -0.163. The summed E-state index contributed by atoms with van der Waals surface area (Å²) in [6.45, 7) is 1.73. The molecule has 0 saturated carbocycles. The van der Waals surface area contributed by atoms with Gasteiger partial charge in [0.05, 0.1) is 24.9 Å². The van der Waals surface area contributed by atoms with Crippen molar-refractivity contribution in [1.29, 1.82) is 0 Å². The molecule has 0 heterocycles. The fourth-order valence-electron chi connectivity index (χ4n) is 1.46. The van der Waals surface area contributed by atoms with Crippen LogP contribution >= 0.6 is 0 Å². The average Bonchev–Trinajstić information content (AvgIpc) is 2.36. The van der Waals surface area contributed by atoms with Crippen LogP contribution in [0.25, 0.3) is 0 Å². The van der Waals surface area contributed by atoms with Crippen molar-refractivity contribution in [2.75, 3.05) is 19.8 Å². The standard InChI is InChI=1S/C12H19NO3/c1-12(9-15,13-7-11(16)8-14)10-5-3-2-4-6-10/h2-6,11,13-16H,7-9H2,1H3. The summed E-state index contributed by atoms with van der Waals surface area (Å²) < 4.78 is 0. The Morgan fingerprint density at radius 2 is 1.88 bits per heavy atom. The van der Waals surface area contributed by atoms with Gasteiger partial charge in [-0.25, -0.2) is 0 Å². The zero-order valence-electron chi connectivity index (χ0n) is 9.43. The molecule has 2 atom stereocenters. The van der Waals surface area contributed by atoms with E-state index in [1.54, 1.807) is 0 Å². The van der Waals surface area contributed by atoms with Crippen LogP contribution in [-0.2, 0) is 5.54 Å². The molecule has 4 heteroatoms. The van der Waals surface area contributed by atoms with E-state index < -0.39 is 11.6 Å². The minimum Gasteiger partial charge on any atom is -0.394 e. The van der Waals surface area contributed by atoms with E-state index >= 15 is 0 Å². The Hall–Kier alpha value is -0.940. The van der Waals surface area contributed by atoms with Crippen LogP contribution in [0.3, 0.4) is 0 Å². The Bertz CT molecular complexity index is 304. The zero-order chi connectivity index (χ0) is 12.0. The summed E-state index contributed by atoms with van der Waals surface area (Å²) in [5, 5.41) is 30.5. The maximum absolute atomic E-state index is 9.42. The van der Waals surface area contributed by atoms with Crippen molar-refractivity contribution in [2.24, 2.45) is 0 Å². The summed E-state index contributed by atoms with van der Waals surface area (Å²) in [5.41, 5.74) is 0.347. The van der Waals surface area contributed by atoms with Gasteiger partial charge in [-0.1, -0.05) is 30.3 Å². The summed E-state index contributed by atoms with van der Waals surface area (Å²) in [6, 6.07) is 9.52. The largest absolute Gasteiger partial charge is 0.394 e. The summed E-state index contributed by atoms with van der Waals surface area (Å²) in [5.74, 6) is 0. The van der Waals surface area contributed by atoms with Crippen molar-refractivity contribution in [3.63, 3.8) is 0 Å². The highest BCUT2D eigenvalue weighted by molar-refractivity contribution is 5.23. The van der Waals surface area contributed by atoms with E-state index in [0.717, 1.165) is 5.56 Å². The van der Waals surface area contributed by atoms with Crippen molar-refractivity contribution in [2.45, 2.75) is 18.6 Å². The van der Waals surface area contributed by atoms with Gasteiger partial charge >= 0.3 is 0 Å². The fourth-order valence-corrected chi connectivity index (χ4v) is 1.46. The Morgan fingerprint density at radius 3 is 2.38 bits per heavy atom. The van der Waals surface area contributed by atoms with E-state index in [4.69, 9.17) is 5.11 Å². The molecule has 4 N–H and O–H groups in total. The van der Waals surface area contributed by atoms with E-state index in [1.165, 1.54) is 0 Å². The fraction of sp³-hybridized carbons (Fsp3) is 0.500. The van der Waals surface area contributed by atoms with Crippen LogP contribution in [0.5, 0.6) is 0 Å². The van der Waals surface area contributed by atoms with Crippen molar-refractivity contribution in [3.05, 3.63) is 35.9 Å². The smallest absolute Gasteiger partial charge is 0.0895 e. The number of rotatable bonds is 6. The molecule has 1 aromatic rings. The molecular weight excluding hydrogens is 206 g/mol. The van der Waals surface area contributed by atoms with Gasteiger partial charge in [0.15, 0.2) is 0 Å². The van der Waals surface area contributed by atoms with E-state index in [0.29, 0.717) is 0 Å². The lowest BCUT2D eigenvalue weighted by Gasteiger charge is -2.30. The zero-order valence-corrected chi connectivity index (χ0v) is 9.43. The lowest BCUT2D eigenvalue weighted by atomic mass is 9.93. The van der Waals surface area contributed by atoms with Crippen LogP contribution in [0.2, 0.25) is 0 Å². The molecule has 0 aromatic heterocycles. The van der Waals surface area contributed by atoms with Crippen LogP contribution < -0.4 is 5.32 Å². The third kappa shape index (κ3) is 3.28. The maximum atomic E-state index is 9.42. The van der Waals surface area contributed by atoms with Gasteiger partial charge in [-0.3, -0.25) is 0 Å². The third-order valence-electron chi connectivity index (χ3n) is 2.67. The van der Waals surface area contributed by atoms with Gasteiger partial charge in [-0.05, 0) is 12.5 Å². The topological polar surface area (TPSA) is 72.7 Å². The first kappa shape index (κ1) is 13.1. The summed E-state index contributed by atoms with van der Waals surface area (Å²) in [6.07, 6.45) is -0.811. The Kier molecular flexibility index (Phi) is 4.89. The summed E-state index contributed by atoms with van der Waals surface area (Å²) in [7, 11) is 0. The summed E-state index contributed by atoms with van der Waals surface area (Å²) in [4.78, 5) is 0. The number of benzene rings is 1. The van der Waals surface area contributed by atoms with E-state index in [1.807, 2.05) is 37.3 Å². The van der Waals surface area contributed by atoms with Crippen LogP contribution in [0.4, 0.5) is 0 Å². The molecule has 0 spiro atoms. The first-order chi connectivity index (χ1) is 7.62. The number of nitrogens with one attached hydrogen (secondary N) is 1. The first-order valence-electron chi connectivity index (χ1n) is 5.32. The quantitative estimate of drug-likeness (QED) is 0.543. The Morgan fingerprint density at radius 1 is 1.25 bits per heavy atom. The lowest BCUT2D eigenvalue weighted by molar-refractivity contribution is 0.0779. The summed E-state index contributed by atoms with van der Waals surface area (Å²) >= 11 is 0. The number of hydrogen-bond acceptors (Lipinski definition) is 4. The molecule has 90 valence electrons. The lowest BCUT2D eigenvalue weighted by Crippen LogP contribution is -2.46. The second-order valence-electron chi connectivity index (χ2n) is 4.07. The molecule has 0 bridgehead atoms. The molecule has 0 aliphatic heterocycles. The minimum absolute atomic E-state index is 0.0742. The number of aliphatic hydroxyl groups is 3. The monoisotopic (exact) mass is 225 g/mol. The van der Waals surface area contributed by atoms with E-state index in [-0.39, 0.29) is 19.8 Å². The molecular formula is C12H19NO3. The molecule has 0 fully saturated rings. The SMILES string of the molecule is CC(CO)(NCC(O)CO)c1ccccc1. The van der Waals surface area contributed by atoms with Crippen LogP contribution in [0, 0.1) is 0 Å². The van der Waals surface area contributed by atoms with E-state index in [9.17, 15) is 10.2 Å². The molecule has 1 aromatic carbocycles. The first-order valence-corrected chi connectivity index (χ1v) is 5.32. The Labute approximate surface area is 95.6 Å². The molecule has 1 rings (SSSR count). The molecule has 0 amide bonds. The molecule has 4 nitrogen and oxygen atoms in total. The highest BCUT2D eigenvalue weighted by atomic mass is 16.3. The van der Waals surface area contributed by atoms with Gasteiger partial charge in [-0.15, -0.1) is 0 Å². The average molecular weight is 225 g/mol. The molecule has 2 unspecified atom stereocenters. The van der Waals surface area contributed by atoms with Gasteiger partial charge in [0.2, 0.25) is 0 Å². The minimum atomic E-state index is -0.811. The predicted molar refractivity (Wildman–Crippen MR) is 62.0 cm³/mol. The van der Waals surface area contributed by atoms with Crippen molar-refractivity contribution in [3.8, 4) is 0 Å². The van der Waals surface area contributed by atoms with Crippen molar-refractivity contribution < 1.29 is 15.3 Å². The highest BCUT2D eigenvalue weighted by Crippen LogP contribution is 2.19. The van der Waals surface area contributed by atoms with Crippen LogP contribution in [-0.4, -0.2) is 41.2 Å². The second kappa shape index (κ2) is 5.96. The third-order valence-corrected chi connectivity index (χ3v) is 2.67. The molecule has 0 radical (unpaired) electrons. The van der Waals surface area contributed by atoms with Crippen LogP contribution in [0.15, 0.2) is 30.3 Å². The van der Waals surface area contributed by atoms with Crippen molar-refractivity contribution in [1.82, 2.24) is 5.32 Å². The Balaban J connectivity index is 2.70. The normalized spacial score (nSPS) is 16.8. The molecule has 0 saturated heterocycles. The second-order valence-corrected chi connectivity index (χ2v) is 4.07. The van der Waals surface area contributed by atoms with Gasteiger partial charge in [0, 0.05) is 6.54 Å². The molecule has 0 aliphatic rings. The molecule has 16 heavy (non-hydrogen) atoms. The van der Waals surface area contributed by atoms with Crippen molar-refractivity contribution >= 4 is 0 Å². The maximum Gasteiger partial charge on any atom is 0.0895 e. The van der Waals surface area contributed by atoms with E-state index in [2.05, 4.69) is 5.32 Å². The van der Waals surface area contributed by atoms with Crippen LogP contribution in [0.1, 0.15) is 12.5 Å².